The summed E-state index contributed by atoms with van der Waals surface area (Å²) < 4.78 is 5.67. The van der Waals surface area contributed by atoms with Crippen molar-refractivity contribution >= 4 is 5.69 Å². The molecule has 0 aliphatic rings. The molecule has 24 heavy (non-hydrogen) atoms. The second-order valence-electron chi connectivity index (χ2n) is 6.45. The molecule has 2 N–H and O–H groups in total. The van der Waals surface area contributed by atoms with Gasteiger partial charge in [-0.3, -0.25) is 0 Å². The summed E-state index contributed by atoms with van der Waals surface area (Å²) in [5, 5.41) is 13.7. The smallest absolute Gasteiger partial charge is 0.120 e. The van der Waals surface area contributed by atoms with Crippen molar-refractivity contribution in [1.29, 1.82) is 0 Å². The molecule has 0 fully saturated rings. The Kier molecular flexibility index (Phi) is 6.64. The van der Waals surface area contributed by atoms with Crippen LogP contribution in [0.15, 0.2) is 48.5 Å². The normalized spacial score (nSPS) is 12.2. The zero-order chi connectivity index (χ0) is 17.5. The van der Waals surface area contributed by atoms with E-state index in [1.807, 2.05) is 52.2 Å². The van der Waals surface area contributed by atoms with Gasteiger partial charge in [0.15, 0.2) is 0 Å². The molecule has 2 aromatic carbocycles. The van der Waals surface area contributed by atoms with E-state index in [2.05, 4.69) is 34.5 Å². The van der Waals surface area contributed by atoms with Gasteiger partial charge in [-0.25, -0.2) is 0 Å². The highest BCUT2D eigenvalue weighted by Gasteiger charge is 2.09. The number of benzene rings is 2. The van der Waals surface area contributed by atoms with Crippen molar-refractivity contribution in [2.75, 3.05) is 25.5 Å². The van der Waals surface area contributed by atoms with Crippen molar-refractivity contribution in [3.63, 3.8) is 0 Å². The molecule has 1 atom stereocenters. The Morgan fingerprint density at radius 2 is 1.79 bits per heavy atom. The van der Waals surface area contributed by atoms with Gasteiger partial charge in [-0.2, -0.15) is 0 Å². The zero-order valence-corrected chi connectivity index (χ0v) is 15.0. The van der Waals surface area contributed by atoms with Crippen LogP contribution in [0.5, 0.6) is 5.75 Å². The van der Waals surface area contributed by atoms with Crippen LogP contribution in [0.1, 0.15) is 31.1 Å². The zero-order valence-electron chi connectivity index (χ0n) is 15.0. The van der Waals surface area contributed by atoms with E-state index in [1.165, 1.54) is 11.3 Å². The van der Waals surface area contributed by atoms with E-state index < -0.39 is 6.10 Å². The monoisotopic (exact) mass is 328 g/mol. The predicted molar refractivity (Wildman–Crippen MR) is 99.6 cm³/mol. The van der Waals surface area contributed by atoms with E-state index in [9.17, 15) is 5.11 Å². The van der Waals surface area contributed by atoms with Crippen LogP contribution in [0.3, 0.4) is 0 Å². The molecule has 2 aromatic rings. The third-order valence-corrected chi connectivity index (χ3v) is 3.73. The molecule has 0 aliphatic heterocycles. The van der Waals surface area contributed by atoms with Crippen molar-refractivity contribution in [2.45, 2.75) is 32.6 Å². The van der Waals surface area contributed by atoms with Gasteiger partial charge in [0.05, 0.1) is 12.2 Å². The van der Waals surface area contributed by atoms with Crippen LogP contribution in [0.4, 0.5) is 5.69 Å². The van der Waals surface area contributed by atoms with E-state index in [0.29, 0.717) is 6.54 Å². The Morgan fingerprint density at radius 1 is 1.08 bits per heavy atom. The third-order valence-electron chi connectivity index (χ3n) is 3.73. The summed E-state index contributed by atoms with van der Waals surface area (Å²) in [7, 11) is 4.06. The summed E-state index contributed by atoms with van der Waals surface area (Å²) >= 11 is 0. The molecule has 0 heterocycles. The number of hydrogen-bond acceptors (Lipinski definition) is 4. The van der Waals surface area contributed by atoms with E-state index in [4.69, 9.17) is 4.74 Å². The number of nitrogens with one attached hydrogen (secondary N) is 1. The van der Waals surface area contributed by atoms with Gasteiger partial charge in [0.25, 0.3) is 0 Å². The summed E-state index contributed by atoms with van der Waals surface area (Å²) in [4.78, 5) is 2.08. The maximum absolute atomic E-state index is 10.3. The lowest BCUT2D eigenvalue weighted by molar-refractivity contribution is 0.173. The average Bonchev–Trinajstić information content (AvgIpc) is 2.55. The van der Waals surface area contributed by atoms with Gasteiger partial charge in [-0.05, 0) is 49.2 Å². The maximum Gasteiger partial charge on any atom is 0.120 e. The molecule has 0 spiro atoms. The highest BCUT2D eigenvalue weighted by atomic mass is 16.5. The minimum Gasteiger partial charge on any atom is -0.491 e. The highest BCUT2D eigenvalue weighted by molar-refractivity contribution is 5.45. The average molecular weight is 328 g/mol. The lowest BCUT2D eigenvalue weighted by Gasteiger charge is -2.16. The molecule has 0 amide bonds. The largest absolute Gasteiger partial charge is 0.491 e. The number of anilines is 1. The quantitative estimate of drug-likeness (QED) is 0.780. The number of hydrogen-bond donors (Lipinski definition) is 2. The molecule has 0 aromatic heterocycles. The van der Waals surface area contributed by atoms with Crippen molar-refractivity contribution in [3.8, 4) is 5.75 Å². The van der Waals surface area contributed by atoms with Gasteiger partial charge >= 0.3 is 0 Å². The first kappa shape index (κ1) is 18.3. The molecule has 0 saturated heterocycles. The number of ether oxygens (including phenoxy) is 1. The Balaban J connectivity index is 1.85. The van der Waals surface area contributed by atoms with E-state index >= 15 is 0 Å². The summed E-state index contributed by atoms with van der Waals surface area (Å²) in [6.45, 7) is 5.21. The number of rotatable bonds is 8. The Labute approximate surface area is 145 Å². The summed E-state index contributed by atoms with van der Waals surface area (Å²) in [5.74, 6) is 0.792. The molecule has 130 valence electrons. The molecule has 1 unspecified atom stereocenters. The Bertz CT molecular complexity index is 624. The summed E-state index contributed by atoms with van der Waals surface area (Å²) in [6.07, 6.45) is -0.428. The van der Waals surface area contributed by atoms with Gasteiger partial charge < -0.3 is 20.1 Å². The Hall–Kier alpha value is -2.04. The molecule has 4 heteroatoms. The van der Waals surface area contributed by atoms with E-state index in [1.54, 1.807) is 0 Å². The minimum absolute atomic E-state index is 0.126. The van der Waals surface area contributed by atoms with E-state index in [0.717, 1.165) is 17.9 Å². The van der Waals surface area contributed by atoms with Gasteiger partial charge in [0, 0.05) is 32.9 Å². The van der Waals surface area contributed by atoms with Crippen molar-refractivity contribution in [1.82, 2.24) is 5.32 Å². The summed E-state index contributed by atoms with van der Waals surface area (Å²) in [6, 6.07) is 16.0. The fourth-order valence-electron chi connectivity index (χ4n) is 2.45. The Morgan fingerprint density at radius 3 is 2.42 bits per heavy atom. The molecule has 0 radical (unpaired) electrons. The molecule has 0 bridgehead atoms. The van der Waals surface area contributed by atoms with Gasteiger partial charge in [-0.15, -0.1) is 0 Å². The SMILES string of the molecule is CC(C)Oc1cccc(C(O)CNCc2ccc(N(C)C)cc2)c1. The molecule has 2 rings (SSSR count). The highest BCUT2D eigenvalue weighted by Crippen LogP contribution is 2.20. The fourth-order valence-corrected chi connectivity index (χ4v) is 2.45. The summed E-state index contributed by atoms with van der Waals surface area (Å²) in [5.41, 5.74) is 3.24. The minimum atomic E-state index is -0.554. The number of aliphatic hydroxyl groups is 1. The first-order valence-electron chi connectivity index (χ1n) is 8.37. The van der Waals surface area contributed by atoms with E-state index in [-0.39, 0.29) is 6.10 Å². The van der Waals surface area contributed by atoms with Crippen LogP contribution in [0, 0.1) is 0 Å². The molecule has 4 nitrogen and oxygen atoms in total. The van der Waals surface area contributed by atoms with Crippen LogP contribution in [-0.2, 0) is 6.54 Å². The van der Waals surface area contributed by atoms with Crippen LogP contribution in [-0.4, -0.2) is 31.9 Å². The molecular weight excluding hydrogens is 300 g/mol. The van der Waals surface area contributed by atoms with Gasteiger partial charge in [-0.1, -0.05) is 24.3 Å². The topological polar surface area (TPSA) is 44.7 Å². The van der Waals surface area contributed by atoms with Crippen LogP contribution < -0.4 is 15.0 Å². The third kappa shape index (κ3) is 5.55. The molecule has 0 saturated carbocycles. The molecular formula is C20H28N2O2. The van der Waals surface area contributed by atoms with Crippen LogP contribution in [0.25, 0.3) is 0 Å². The second kappa shape index (κ2) is 8.71. The van der Waals surface area contributed by atoms with Crippen molar-refractivity contribution in [3.05, 3.63) is 59.7 Å². The first-order valence-corrected chi connectivity index (χ1v) is 8.37. The van der Waals surface area contributed by atoms with Crippen LogP contribution in [0.2, 0.25) is 0 Å². The van der Waals surface area contributed by atoms with Crippen LogP contribution >= 0.6 is 0 Å². The molecule has 0 aliphatic carbocycles. The lowest BCUT2D eigenvalue weighted by Crippen LogP contribution is -2.21. The van der Waals surface area contributed by atoms with Gasteiger partial charge in [0.2, 0.25) is 0 Å². The van der Waals surface area contributed by atoms with Crippen molar-refractivity contribution in [2.24, 2.45) is 0 Å². The standard InChI is InChI=1S/C20H28N2O2/c1-15(2)24-19-7-5-6-17(12-19)20(23)14-21-13-16-8-10-18(11-9-16)22(3)4/h5-12,15,20-21,23H,13-14H2,1-4H3. The predicted octanol–water partition coefficient (Wildman–Crippen LogP) is 3.36. The fraction of sp³-hybridized carbons (Fsp3) is 0.400. The maximum atomic E-state index is 10.3. The van der Waals surface area contributed by atoms with Crippen molar-refractivity contribution < 1.29 is 9.84 Å². The number of aliphatic hydroxyl groups excluding tert-OH is 1. The lowest BCUT2D eigenvalue weighted by atomic mass is 10.1. The first-order chi connectivity index (χ1) is 11.5. The number of nitrogens with zero attached hydrogens (tertiary/aromatic N) is 1. The van der Waals surface area contributed by atoms with Gasteiger partial charge in [0.1, 0.15) is 5.75 Å². The second-order valence-corrected chi connectivity index (χ2v) is 6.45.